The first kappa shape index (κ1) is 15.6. The standard InChI is InChI=1S/C18H19N5O2/c1-13-20-17(22-25-13)18(8-5-9-18)21-16(24)10-14-11-19-23(12-14)15-6-3-2-4-7-15/h2-4,6-7,11-12H,5,8-10H2,1H3,(H,21,24). The Morgan fingerprint density at radius 3 is 2.76 bits per heavy atom. The van der Waals surface area contributed by atoms with E-state index < -0.39 is 5.54 Å². The van der Waals surface area contributed by atoms with Crippen molar-refractivity contribution in [3.05, 3.63) is 60.0 Å². The Kier molecular flexibility index (Phi) is 3.83. The highest BCUT2D eigenvalue weighted by Crippen LogP contribution is 2.39. The second-order valence-corrected chi connectivity index (χ2v) is 6.43. The van der Waals surface area contributed by atoms with E-state index in [1.54, 1.807) is 17.8 Å². The molecule has 1 saturated carbocycles. The molecule has 1 fully saturated rings. The Labute approximate surface area is 145 Å². The van der Waals surface area contributed by atoms with Crippen molar-refractivity contribution in [2.75, 3.05) is 0 Å². The van der Waals surface area contributed by atoms with Crippen LogP contribution in [0.2, 0.25) is 0 Å². The van der Waals surface area contributed by atoms with Crippen LogP contribution in [0.15, 0.2) is 47.2 Å². The molecule has 1 aliphatic rings. The second-order valence-electron chi connectivity index (χ2n) is 6.43. The Morgan fingerprint density at radius 1 is 1.32 bits per heavy atom. The normalized spacial score (nSPS) is 15.6. The van der Waals surface area contributed by atoms with Crippen LogP contribution in [0.25, 0.3) is 5.69 Å². The Bertz CT molecular complexity index is 880. The number of hydrogen-bond donors (Lipinski definition) is 1. The average Bonchev–Trinajstić information content (AvgIpc) is 3.21. The van der Waals surface area contributed by atoms with Gasteiger partial charge in [-0.15, -0.1) is 0 Å². The lowest BCUT2D eigenvalue weighted by atomic mass is 9.76. The summed E-state index contributed by atoms with van der Waals surface area (Å²) in [5, 5.41) is 11.4. The molecule has 25 heavy (non-hydrogen) atoms. The lowest BCUT2D eigenvalue weighted by Crippen LogP contribution is -2.52. The molecule has 4 rings (SSSR count). The summed E-state index contributed by atoms with van der Waals surface area (Å²) in [7, 11) is 0. The first-order valence-corrected chi connectivity index (χ1v) is 8.35. The van der Waals surface area contributed by atoms with Crippen molar-refractivity contribution < 1.29 is 9.32 Å². The molecule has 1 aromatic carbocycles. The summed E-state index contributed by atoms with van der Waals surface area (Å²) in [6, 6.07) is 9.81. The van der Waals surface area contributed by atoms with E-state index in [1.165, 1.54) is 0 Å². The molecule has 2 aromatic heterocycles. The van der Waals surface area contributed by atoms with E-state index in [9.17, 15) is 4.79 Å². The van der Waals surface area contributed by atoms with Crippen molar-refractivity contribution in [2.24, 2.45) is 0 Å². The summed E-state index contributed by atoms with van der Waals surface area (Å²) in [6.07, 6.45) is 6.58. The number of benzene rings is 1. The molecule has 0 unspecified atom stereocenters. The smallest absolute Gasteiger partial charge is 0.225 e. The molecule has 1 N–H and O–H groups in total. The summed E-state index contributed by atoms with van der Waals surface area (Å²) in [6.45, 7) is 1.75. The van der Waals surface area contributed by atoms with Crippen LogP contribution < -0.4 is 5.32 Å². The Morgan fingerprint density at radius 2 is 2.12 bits per heavy atom. The number of aromatic nitrogens is 4. The van der Waals surface area contributed by atoms with Gasteiger partial charge in [0.2, 0.25) is 11.8 Å². The van der Waals surface area contributed by atoms with Gasteiger partial charge in [0.05, 0.1) is 18.3 Å². The fraction of sp³-hybridized carbons (Fsp3) is 0.333. The van der Waals surface area contributed by atoms with Gasteiger partial charge in [0.25, 0.3) is 0 Å². The maximum atomic E-state index is 12.5. The first-order chi connectivity index (χ1) is 12.1. The molecule has 0 saturated heterocycles. The maximum Gasteiger partial charge on any atom is 0.225 e. The van der Waals surface area contributed by atoms with Gasteiger partial charge in [-0.1, -0.05) is 23.4 Å². The molecular weight excluding hydrogens is 318 g/mol. The number of amides is 1. The van der Waals surface area contributed by atoms with Gasteiger partial charge in [0, 0.05) is 13.1 Å². The van der Waals surface area contributed by atoms with Crippen molar-refractivity contribution >= 4 is 5.91 Å². The van der Waals surface area contributed by atoms with Crippen LogP contribution >= 0.6 is 0 Å². The van der Waals surface area contributed by atoms with Crippen molar-refractivity contribution in [3.63, 3.8) is 0 Å². The quantitative estimate of drug-likeness (QED) is 0.772. The van der Waals surface area contributed by atoms with Crippen LogP contribution in [0.1, 0.15) is 36.5 Å². The van der Waals surface area contributed by atoms with E-state index in [-0.39, 0.29) is 12.3 Å². The lowest BCUT2D eigenvalue weighted by molar-refractivity contribution is -0.123. The molecule has 1 aliphatic carbocycles. The minimum atomic E-state index is -0.482. The molecule has 0 aliphatic heterocycles. The third-order valence-electron chi connectivity index (χ3n) is 4.56. The third kappa shape index (κ3) is 3.05. The Balaban J connectivity index is 1.45. The molecule has 2 heterocycles. The maximum absolute atomic E-state index is 12.5. The molecule has 128 valence electrons. The van der Waals surface area contributed by atoms with Gasteiger partial charge in [-0.05, 0) is 37.0 Å². The van der Waals surface area contributed by atoms with Crippen LogP contribution in [0.4, 0.5) is 0 Å². The van der Waals surface area contributed by atoms with E-state index >= 15 is 0 Å². The number of nitrogens with one attached hydrogen (secondary N) is 1. The highest BCUT2D eigenvalue weighted by molar-refractivity contribution is 5.79. The molecule has 0 spiro atoms. The molecule has 0 bridgehead atoms. The monoisotopic (exact) mass is 337 g/mol. The van der Waals surface area contributed by atoms with Crippen LogP contribution in [0, 0.1) is 6.92 Å². The number of aryl methyl sites for hydroxylation is 1. The zero-order chi connectivity index (χ0) is 17.3. The summed E-state index contributed by atoms with van der Waals surface area (Å²) in [4.78, 5) is 16.8. The van der Waals surface area contributed by atoms with Gasteiger partial charge in [-0.25, -0.2) is 4.68 Å². The minimum Gasteiger partial charge on any atom is -0.343 e. The largest absolute Gasteiger partial charge is 0.343 e. The molecule has 3 aromatic rings. The van der Waals surface area contributed by atoms with E-state index in [2.05, 4.69) is 20.6 Å². The van der Waals surface area contributed by atoms with Crippen molar-refractivity contribution in [1.29, 1.82) is 0 Å². The Hall–Kier alpha value is -2.96. The zero-order valence-electron chi connectivity index (χ0n) is 14.0. The van der Waals surface area contributed by atoms with Crippen molar-refractivity contribution in [3.8, 4) is 5.69 Å². The average molecular weight is 337 g/mol. The van der Waals surface area contributed by atoms with Gasteiger partial charge in [-0.2, -0.15) is 10.1 Å². The lowest BCUT2D eigenvalue weighted by Gasteiger charge is -2.39. The van der Waals surface area contributed by atoms with Gasteiger partial charge >= 0.3 is 0 Å². The van der Waals surface area contributed by atoms with Crippen LogP contribution in [-0.4, -0.2) is 25.8 Å². The van der Waals surface area contributed by atoms with Gasteiger partial charge < -0.3 is 9.84 Å². The molecular formula is C18H19N5O2. The van der Waals surface area contributed by atoms with Crippen LogP contribution in [0.5, 0.6) is 0 Å². The predicted molar refractivity (Wildman–Crippen MR) is 90.0 cm³/mol. The van der Waals surface area contributed by atoms with Crippen molar-refractivity contribution in [2.45, 2.75) is 38.1 Å². The number of para-hydroxylation sites is 1. The summed E-state index contributed by atoms with van der Waals surface area (Å²) in [5.41, 5.74) is 1.34. The number of rotatable bonds is 5. The first-order valence-electron chi connectivity index (χ1n) is 8.35. The van der Waals surface area contributed by atoms with Gasteiger partial charge in [0.15, 0.2) is 5.82 Å². The van der Waals surface area contributed by atoms with E-state index in [4.69, 9.17) is 4.52 Å². The van der Waals surface area contributed by atoms with Crippen molar-refractivity contribution in [1.82, 2.24) is 25.2 Å². The number of nitrogens with zero attached hydrogens (tertiary/aromatic N) is 4. The van der Waals surface area contributed by atoms with Crippen LogP contribution in [0.3, 0.4) is 0 Å². The number of carbonyl (C=O) groups excluding carboxylic acids is 1. The SMILES string of the molecule is Cc1nc(C2(NC(=O)Cc3cnn(-c4ccccc4)c3)CCC2)no1. The fourth-order valence-electron chi connectivity index (χ4n) is 3.10. The van der Waals surface area contributed by atoms with Gasteiger partial charge in [-0.3, -0.25) is 4.79 Å². The topological polar surface area (TPSA) is 85.8 Å². The number of carbonyl (C=O) groups is 1. The molecule has 0 atom stereocenters. The number of hydrogen-bond acceptors (Lipinski definition) is 5. The molecule has 7 nitrogen and oxygen atoms in total. The predicted octanol–water partition coefficient (Wildman–Crippen LogP) is 2.30. The van der Waals surface area contributed by atoms with E-state index in [0.29, 0.717) is 11.7 Å². The van der Waals surface area contributed by atoms with Crippen LogP contribution in [-0.2, 0) is 16.8 Å². The van der Waals surface area contributed by atoms with E-state index in [0.717, 1.165) is 30.5 Å². The minimum absolute atomic E-state index is 0.0604. The second kappa shape index (κ2) is 6.16. The third-order valence-corrected chi connectivity index (χ3v) is 4.56. The highest BCUT2D eigenvalue weighted by atomic mass is 16.5. The highest BCUT2D eigenvalue weighted by Gasteiger charge is 2.44. The summed E-state index contributed by atoms with van der Waals surface area (Å²) >= 11 is 0. The fourth-order valence-corrected chi connectivity index (χ4v) is 3.10. The van der Waals surface area contributed by atoms with Gasteiger partial charge in [0.1, 0.15) is 5.54 Å². The molecule has 0 radical (unpaired) electrons. The molecule has 7 heteroatoms. The summed E-state index contributed by atoms with van der Waals surface area (Å²) < 4.78 is 6.84. The molecule has 1 amide bonds. The zero-order valence-corrected chi connectivity index (χ0v) is 14.0. The summed E-state index contributed by atoms with van der Waals surface area (Å²) in [5.74, 6) is 1.03. The van der Waals surface area contributed by atoms with E-state index in [1.807, 2.05) is 36.5 Å².